The molecule has 1 heterocycles. The molecule has 0 aromatic rings. The normalized spacial score (nSPS) is 23.9. The fourth-order valence-electron chi connectivity index (χ4n) is 2.70. The summed E-state index contributed by atoms with van der Waals surface area (Å²) in [5.74, 6) is 0. The molecule has 0 spiro atoms. The van der Waals surface area contributed by atoms with Crippen molar-refractivity contribution < 1.29 is 14.3 Å². The lowest BCUT2D eigenvalue weighted by atomic mass is 10.0. The minimum absolute atomic E-state index is 0.294. The number of rotatable bonds is 7. The number of nitrogens with one attached hydrogen (secondary N) is 2. The highest BCUT2D eigenvalue weighted by molar-refractivity contribution is 5.67. The first-order valence-electron chi connectivity index (χ1n) is 8.64. The van der Waals surface area contributed by atoms with Crippen LogP contribution >= 0.6 is 0 Å². The molecule has 3 atom stereocenters. The van der Waals surface area contributed by atoms with E-state index in [2.05, 4.69) is 24.5 Å². The van der Waals surface area contributed by atoms with Gasteiger partial charge in [-0.3, -0.25) is 0 Å². The van der Waals surface area contributed by atoms with Crippen LogP contribution in [0.15, 0.2) is 0 Å². The van der Waals surface area contributed by atoms with E-state index in [-0.39, 0.29) is 6.09 Å². The predicted octanol–water partition coefficient (Wildman–Crippen LogP) is 3.23. The van der Waals surface area contributed by atoms with Crippen molar-refractivity contribution in [3.05, 3.63) is 0 Å². The molecular weight excluding hydrogens is 280 g/mol. The quantitative estimate of drug-likeness (QED) is 0.757. The molecule has 0 aliphatic carbocycles. The van der Waals surface area contributed by atoms with Crippen molar-refractivity contribution in [2.24, 2.45) is 0 Å². The van der Waals surface area contributed by atoms with Gasteiger partial charge < -0.3 is 20.1 Å². The predicted molar refractivity (Wildman–Crippen MR) is 89.1 cm³/mol. The molecule has 1 amide bonds. The lowest BCUT2D eigenvalue weighted by Crippen LogP contribution is -2.48. The monoisotopic (exact) mass is 314 g/mol. The average molecular weight is 314 g/mol. The fourth-order valence-corrected chi connectivity index (χ4v) is 2.70. The number of carbonyl (C=O) groups excluding carboxylic acids is 1. The lowest BCUT2D eigenvalue weighted by molar-refractivity contribution is 0.0107. The number of ether oxygens (including phenoxy) is 2. The standard InChI is InChI=1S/C17H34N2O3/c1-6-7-8-15(12-18-16(20)22-17(3,4)5)19-14-9-10-21-13(2)11-14/h13-15,19H,6-12H2,1-5H3,(H,18,20). The molecule has 0 aromatic heterocycles. The topological polar surface area (TPSA) is 59.6 Å². The van der Waals surface area contributed by atoms with Gasteiger partial charge in [-0.15, -0.1) is 0 Å². The summed E-state index contributed by atoms with van der Waals surface area (Å²) in [4.78, 5) is 11.8. The van der Waals surface area contributed by atoms with Gasteiger partial charge in [0.05, 0.1) is 6.10 Å². The van der Waals surface area contributed by atoms with Crippen LogP contribution in [-0.4, -0.2) is 43.0 Å². The van der Waals surface area contributed by atoms with Gasteiger partial charge in [-0.1, -0.05) is 19.8 Å². The van der Waals surface area contributed by atoms with E-state index in [1.807, 2.05) is 20.8 Å². The number of hydrogen-bond acceptors (Lipinski definition) is 4. The third-order valence-electron chi connectivity index (χ3n) is 3.75. The molecule has 1 fully saturated rings. The van der Waals surface area contributed by atoms with E-state index < -0.39 is 5.60 Å². The molecule has 5 heteroatoms. The third-order valence-corrected chi connectivity index (χ3v) is 3.75. The van der Waals surface area contributed by atoms with E-state index in [1.165, 1.54) is 0 Å². The Kier molecular flexibility index (Phi) is 8.18. The Morgan fingerprint density at radius 1 is 1.41 bits per heavy atom. The molecule has 0 bridgehead atoms. The molecule has 0 aromatic carbocycles. The zero-order valence-electron chi connectivity index (χ0n) is 14.9. The first-order valence-corrected chi connectivity index (χ1v) is 8.64. The van der Waals surface area contributed by atoms with E-state index in [9.17, 15) is 4.79 Å². The maximum absolute atomic E-state index is 11.8. The molecule has 1 saturated heterocycles. The van der Waals surface area contributed by atoms with Crippen molar-refractivity contribution in [1.29, 1.82) is 0 Å². The summed E-state index contributed by atoms with van der Waals surface area (Å²) in [5.41, 5.74) is -0.452. The van der Waals surface area contributed by atoms with Crippen LogP contribution in [0.4, 0.5) is 4.79 Å². The first kappa shape index (κ1) is 19.2. The van der Waals surface area contributed by atoms with E-state index in [0.717, 1.165) is 38.7 Å². The minimum Gasteiger partial charge on any atom is -0.444 e. The summed E-state index contributed by atoms with van der Waals surface area (Å²) in [7, 11) is 0. The van der Waals surface area contributed by atoms with Crippen LogP contribution in [0.1, 0.15) is 66.7 Å². The molecule has 2 N–H and O–H groups in total. The van der Waals surface area contributed by atoms with Crippen LogP contribution in [0.2, 0.25) is 0 Å². The molecule has 0 radical (unpaired) electrons. The Balaban J connectivity index is 2.40. The van der Waals surface area contributed by atoms with Crippen LogP contribution < -0.4 is 10.6 Å². The van der Waals surface area contributed by atoms with Crippen LogP contribution in [-0.2, 0) is 9.47 Å². The van der Waals surface area contributed by atoms with E-state index in [4.69, 9.17) is 9.47 Å². The molecule has 5 nitrogen and oxygen atoms in total. The summed E-state index contributed by atoms with van der Waals surface area (Å²) >= 11 is 0. The molecule has 0 saturated carbocycles. The molecule has 1 aliphatic rings. The van der Waals surface area contributed by atoms with Crippen molar-refractivity contribution in [1.82, 2.24) is 10.6 Å². The van der Waals surface area contributed by atoms with Crippen LogP contribution in [0.25, 0.3) is 0 Å². The van der Waals surface area contributed by atoms with Crippen LogP contribution in [0.3, 0.4) is 0 Å². The lowest BCUT2D eigenvalue weighted by Gasteiger charge is -2.32. The Labute approximate surface area is 135 Å². The second-order valence-corrected chi connectivity index (χ2v) is 7.29. The Morgan fingerprint density at radius 2 is 2.14 bits per heavy atom. The van der Waals surface area contributed by atoms with E-state index in [1.54, 1.807) is 0 Å². The third kappa shape index (κ3) is 8.59. The van der Waals surface area contributed by atoms with Gasteiger partial charge in [0.1, 0.15) is 5.60 Å². The number of carbonyl (C=O) groups is 1. The van der Waals surface area contributed by atoms with Gasteiger partial charge in [-0.2, -0.15) is 0 Å². The van der Waals surface area contributed by atoms with E-state index >= 15 is 0 Å². The van der Waals surface area contributed by atoms with Gasteiger partial charge in [0.25, 0.3) is 0 Å². The van der Waals surface area contributed by atoms with Gasteiger partial charge in [-0.25, -0.2) is 4.79 Å². The smallest absolute Gasteiger partial charge is 0.407 e. The van der Waals surface area contributed by atoms with Gasteiger partial charge >= 0.3 is 6.09 Å². The van der Waals surface area contributed by atoms with Gasteiger partial charge in [0, 0.05) is 25.2 Å². The highest BCUT2D eigenvalue weighted by atomic mass is 16.6. The largest absolute Gasteiger partial charge is 0.444 e. The number of alkyl carbamates (subject to hydrolysis) is 1. The minimum atomic E-state index is -0.452. The molecule has 1 rings (SSSR count). The maximum atomic E-state index is 11.8. The summed E-state index contributed by atoms with van der Waals surface area (Å²) in [6, 6.07) is 0.772. The number of unbranched alkanes of at least 4 members (excludes halogenated alkanes) is 1. The van der Waals surface area contributed by atoms with Crippen molar-refractivity contribution in [3.63, 3.8) is 0 Å². The second kappa shape index (κ2) is 9.36. The molecule has 3 unspecified atom stereocenters. The highest BCUT2D eigenvalue weighted by Gasteiger charge is 2.23. The van der Waals surface area contributed by atoms with Crippen LogP contribution in [0, 0.1) is 0 Å². The van der Waals surface area contributed by atoms with Gasteiger partial charge in [0.2, 0.25) is 0 Å². The average Bonchev–Trinajstić information content (AvgIpc) is 2.40. The van der Waals surface area contributed by atoms with Gasteiger partial charge in [-0.05, 0) is 47.0 Å². The summed E-state index contributed by atoms with van der Waals surface area (Å²) in [5, 5.41) is 6.58. The second-order valence-electron chi connectivity index (χ2n) is 7.29. The Bertz CT molecular complexity index is 328. The summed E-state index contributed by atoms with van der Waals surface area (Å²) in [6.45, 7) is 11.4. The maximum Gasteiger partial charge on any atom is 0.407 e. The Morgan fingerprint density at radius 3 is 2.73 bits per heavy atom. The number of amides is 1. The molecule has 130 valence electrons. The van der Waals surface area contributed by atoms with Crippen molar-refractivity contribution in [3.8, 4) is 0 Å². The van der Waals surface area contributed by atoms with Crippen molar-refractivity contribution in [2.75, 3.05) is 13.2 Å². The SMILES string of the molecule is CCCCC(CNC(=O)OC(C)(C)C)NC1CCOC(C)C1. The van der Waals surface area contributed by atoms with Crippen LogP contribution in [0.5, 0.6) is 0 Å². The fraction of sp³-hybridized carbons (Fsp3) is 0.941. The van der Waals surface area contributed by atoms with E-state index in [0.29, 0.717) is 24.7 Å². The van der Waals surface area contributed by atoms with Crippen molar-refractivity contribution in [2.45, 2.75) is 90.5 Å². The van der Waals surface area contributed by atoms with Crippen molar-refractivity contribution >= 4 is 6.09 Å². The first-order chi connectivity index (χ1) is 10.3. The summed E-state index contributed by atoms with van der Waals surface area (Å²) < 4.78 is 10.9. The van der Waals surface area contributed by atoms with Gasteiger partial charge in [0.15, 0.2) is 0 Å². The Hall–Kier alpha value is -0.810. The highest BCUT2D eigenvalue weighted by Crippen LogP contribution is 2.15. The molecular formula is C17H34N2O3. The zero-order chi connectivity index (χ0) is 16.6. The summed E-state index contributed by atoms with van der Waals surface area (Å²) in [6.07, 6.45) is 5.45. The number of hydrogen-bond donors (Lipinski definition) is 2. The molecule has 1 aliphatic heterocycles. The molecule has 22 heavy (non-hydrogen) atoms. The zero-order valence-corrected chi connectivity index (χ0v) is 14.9.